The van der Waals surface area contributed by atoms with Crippen LogP contribution in [0.2, 0.25) is 0 Å². The normalized spacial score (nSPS) is 10.6. The lowest BCUT2D eigenvalue weighted by Crippen LogP contribution is -2.29. The number of rotatable bonds is 5. The van der Waals surface area contributed by atoms with Gasteiger partial charge >= 0.3 is 6.03 Å². The summed E-state index contributed by atoms with van der Waals surface area (Å²) in [6.07, 6.45) is 0.877. The van der Waals surface area contributed by atoms with Crippen LogP contribution >= 0.6 is 15.9 Å². The summed E-state index contributed by atoms with van der Waals surface area (Å²) in [7, 11) is 0. The van der Waals surface area contributed by atoms with E-state index in [4.69, 9.17) is 8.94 Å². The van der Waals surface area contributed by atoms with E-state index in [-0.39, 0.29) is 11.9 Å². The predicted octanol–water partition coefficient (Wildman–Crippen LogP) is 4.29. The van der Waals surface area contributed by atoms with Gasteiger partial charge in [-0.3, -0.25) is 0 Å². The molecule has 2 N–H and O–H groups in total. The molecule has 0 bridgehead atoms. The summed E-state index contributed by atoms with van der Waals surface area (Å²) >= 11 is 3.23. The number of hydrogen-bond acceptors (Lipinski definition) is 5. The van der Waals surface area contributed by atoms with Crippen LogP contribution < -0.4 is 10.6 Å². The van der Waals surface area contributed by atoms with Crippen molar-refractivity contribution in [2.45, 2.75) is 13.3 Å². The van der Waals surface area contributed by atoms with Crippen LogP contribution in [0.15, 0.2) is 50.0 Å². The first-order valence-corrected chi connectivity index (χ1v) is 8.19. The van der Waals surface area contributed by atoms with E-state index < -0.39 is 0 Å². The van der Waals surface area contributed by atoms with Crippen molar-refractivity contribution in [3.8, 4) is 23.0 Å². The average Bonchev–Trinajstić information content (AvgIpc) is 3.22. The molecule has 0 fully saturated rings. The zero-order valence-electron chi connectivity index (χ0n) is 12.9. The summed E-state index contributed by atoms with van der Waals surface area (Å²) < 4.78 is 11.2. The fraction of sp³-hybridized carbons (Fsp3) is 0.188. The number of carbonyl (C=O) groups is 1. The molecule has 0 radical (unpaired) electrons. The van der Waals surface area contributed by atoms with Crippen LogP contribution in [0.5, 0.6) is 0 Å². The number of furan rings is 1. The van der Waals surface area contributed by atoms with E-state index in [0.717, 1.165) is 12.0 Å². The van der Waals surface area contributed by atoms with Crippen molar-refractivity contribution in [1.82, 2.24) is 15.5 Å². The van der Waals surface area contributed by atoms with Crippen molar-refractivity contribution in [1.29, 1.82) is 0 Å². The number of nitrogens with one attached hydrogen (secondary N) is 2. The van der Waals surface area contributed by atoms with Crippen molar-refractivity contribution in [3.05, 3.63) is 41.1 Å². The highest BCUT2D eigenvalue weighted by Crippen LogP contribution is 2.26. The molecule has 3 aromatic rings. The molecule has 0 spiro atoms. The minimum absolute atomic E-state index is 0.247. The molecule has 2 amide bonds. The number of amides is 2. The van der Waals surface area contributed by atoms with Gasteiger partial charge < -0.3 is 19.6 Å². The molecular weight excluding hydrogens is 376 g/mol. The second kappa shape index (κ2) is 7.31. The van der Waals surface area contributed by atoms with Crippen LogP contribution in [-0.4, -0.2) is 22.7 Å². The summed E-state index contributed by atoms with van der Waals surface area (Å²) in [5, 5.41) is 9.47. The number of benzene rings is 1. The molecule has 124 valence electrons. The van der Waals surface area contributed by atoms with Crippen LogP contribution in [0.1, 0.15) is 13.3 Å². The number of aromatic nitrogens is 2. The van der Waals surface area contributed by atoms with E-state index in [9.17, 15) is 4.79 Å². The first-order valence-electron chi connectivity index (χ1n) is 7.40. The maximum atomic E-state index is 11.7. The van der Waals surface area contributed by atoms with E-state index in [1.54, 1.807) is 24.3 Å². The maximum absolute atomic E-state index is 11.7. The van der Waals surface area contributed by atoms with E-state index in [2.05, 4.69) is 36.7 Å². The Morgan fingerprint density at radius 2 is 2.17 bits per heavy atom. The highest BCUT2D eigenvalue weighted by atomic mass is 79.9. The Labute approximate surface area is 146 Å². The minimum atomic E-state index is -0.247. The van der Waals surface area contributed by atoms with Gasteiger partial charge in [0.1, 0.15) is 0 Å². The van der Waals surface area contributed by atoms with Crippen LogP contribution in [0.25, 0.3) is 23.0 Å². The van der Waals surface area contributed by atoms with Crippen LogP contribution in [0.3, 0.4) is 0 Å². The molecule has 2 aromatic heterocycles. The van der Waals surface area contributed by atoms with Gasteiger partial charge in [0.2, 0.25) is 5.82 Å². The van der Waals surface area contributed by atoms with Gasteiger partial charge in [-0.1, -0.05) is 24.2 Å². The van der Waals surface area contributed by atoms with Gasteiger partial charge in [0.05, 0.1) is 0 Å². The Morgan fingerprint density at radius 3 is 2.92 bits per heavy atom. The largest absolute Gasteiger partial charge is 0.444 e. The molecule has 3 rings (SSSR count). The molecule has 7 nitrogen and oxygen atoms in total. The molecule has 8 heteroatoms. The zero-order chi connectivity index (χ0) is 16.9. The second-order valence-corrected chi connectivity index (χ2v) is 5.77. The Morgan fingerprint density at radius 1 is 1.29 bits per heavy atom. The number of anilines is 1. The van der Waals surface area contributed by atoms with Crippen LogP contribution in [0.4, 0.5) is 10.5 Å². The highest BCUT2D eigenvalue weighted by molar-refractivity contribution is 9.10. The third-order valence-corrected chi connectivity index (χ3v) is 3.55. The lowest BCUT2D eigenvalue weighted by molar-refractivity contribution is 0.252. The van der Waals surface area contributed by atoms with Gasteiger partial charge in [-0.2, -0.15) is 4.98 Å². The molecule has 24 heavy (non-hydrogen) atoms. The Kier molecular flexibility index (Phi) is 4.95. The first kappa shape index (κ1) is 16.3. The number of halogens is 1. The van der Waals surface area contributed by atoms with E-state index in [0.29, 0.717) is 28.5 Å². The van der Waals surface area contributed by atoms with Gasteiger partial charge in [-0.05, 0) is 46.6 Å². The monoisotopic (exact) mass is 390 g/mol. The third-order valence-electron chi connectivity index (χ3n) is 3.12. The summed E-state index contributed by atoms with van der Waals surface area (Å²) in [6, 6.07) is 10.4. The Bertz CT molecular complexity index is 843. The molecule has 0 saturated carbocycles. The molecule has 0 saturated heterocycles. The molecule has 0 atom stereocenters. The standard InChI is InChI=1S/C16H15BrN4O3/c1-2-8-18-16(22)19-11-5-3-4-10(9-11)14-20-15(24-21-14)12-6-7-13(17)23-12/h3-7,9H,2,8H2,1H3,(H2,18,19,22). The van der Waals surface area contributed by atoms with Crippen molar-refractivity contribution >= 4 is 27.6 Å². The molecule has 0 unspecified atom stereocenters. The molecule has 2 heterocycles. The predicted molar refractivity (Wildman–Crippen MR) is 92.4 cm³/mol. The van der Waals surface area contributed by atoms with E-state index in [1.165, 1.54) is 0 Å². The number of carbonyl (C=O) groups excluding carboxylic acids is 1. The van der Waals surface area contributed by atoms with Gasteiger partial charge in [0.25, 0.3) is 5.89 Å². The fourth-order valence-corrected chi connectivity index (χ4v) is 2.33. The maximum Gasteiger partial charge on any atom is 0.319 e. The van der Waals surface area contributed by atoms with Crippen molar-refractivity contribution < 1.29 is 13.7 Å². The number of hydrogen-bond donors (Lipinski definition) is 2. The molecule has 0 aliphatic carbocycles. The smallest absolute Gasteiger partial charge is 0.319 e. The van der Waals surface area contributed by atoms with Crippen LogP contribution in [-0.2, 0) is 0 Å². The van der Waals surface area contributed by atoms with Gasteiger partial charge in [-0.15, -0.1) is 0 Å². The lowest BCUT2D eigenvalue weighted by atomic mass is 10.2. The third kappa shape index (κ3) is 3.83. The van der Waals surface area contributed by atoms with Crippen molar-refractivity contribution in [2.24, 2.45) is 0 Å². The van der Waals surface area contributed by atoms with E-state index >= 15 is 0 Å². The van der Waals surface area contributed by atoms with Crippen LogP contribution in [0, 0.1) is 0 Å². The summed E-state index contributed by atoms with van der Waals surface area (Å²) in [5.74, 6) is 1.18. The first-order chi connectivity index (χ1) is 11.7. The summed E-state index contributed by atoms with van der Waals surface area (Å²) in [6.45, 7) is 2.62. The SMILES string of the molecule is CCCNC(=O)Nc1cccc(-c2noc(-c3ccc(Br)o3)n2)c1. The molecular formula is C16H15BrN4O3. The summed E-state index contributed by atoms with van der Waals surface area (Å²) in [5.41, 5.74) is 1.37. The number of urea groups is 1. The quantitative estimate of drug-likeness (QED) is 0.677. The van der Waals surface area contributed by atoms with Crippen molar-refractivity contribution in [3.63, 3.8) is 0 Å². The van der Waals surface area contributed by atoms with Gasteiger partial charge in [-0.25, -0.2) is 4.79 Å². The topological polar surface area (TPSA) is 93.2 Å². The van der Waals surface area contributed by atoms with Crippen molar-refractivity contribution in [2.75, 3.05) is 11.9 Å². The number of nitrogens with zero attached hydrogens (tertiary/aromatic N) is 2. The second-order valence-electron chi connectivity index (χ2n) is 4.99. The zero-order valence-corrected chi connectivity index (χ0v) is 14.5. The minimum Gasteiger partial charge on any atom is -0.444 e. The van der Waals surface area contributed by atoms with E-state index in [1.807, 2.05) is 19.1 Å². The molecule has 1 aromatic carbocycles. The summed E-state index contributed by atoms with van der Waals surface area (Å²) in [4.78, 5) is 16.0. The Hall–Kier alpha value is -2.61. The highest BCUT2D eigenvalue weighted by Gasteiger charge is 2.14. The molecule has 0 aliphatic rings. The Balaban J connectivity index is 1.77. The lowest BCUT2D eigenvalue weighted by Gasteiger charge is -2.07. The fourth-order valence-electron chi connectivity index (χ4n) is 2.02. The average molecular weight is 391 g/mol. The van der Waals surface area contributed by atoms with Gasteiger partial charge in [0, 0.05) is 17.8 Å². The molecule has 0 aliphatic heterocycles. The van der Waals surface area contributed by atoms with Gasteiger partial charge in [0.15, 0.2) is 10.4 Å².